The van der Waals surface area contributed by atoms with Crippen LogP contribution in [-0.4, -0.2) is 13.4 Å². The molecule has 4 nitrogen and oxygen atoms in total. The van der Waals surface area contributed by atoms with E-state index in [0.717, 1.165) is 32.3 Å². The van der Waals surface area contributed by atoms with Gasteiger partial charge in [0, 0.05) is 11.1 Å². The van der Waals surface area contributed by atoms with Crippen LogP contribution in [0, 0.1) is 0 Å². The number of hydrogen-bond acceptors (Lipinski definition) is 4. The number of thiazole rings is 1. The molecule has 0 aliphatic heterocycles. The Morgan fingerprint density at radius 3 is 1.81 bits per heavy atom. The molecule has 0 aliphatic rings. The Hall–Kier alpha value is -2.80. The summed E-state index contributed by atoms with van der Waals surface area (Å²) < 4.78 is 22.9. The molecule has 1 heterocycles. The monoisotopic (exact) mass is 392 g/mol. The van der Waals surface area contributed by atoms with Crippen molar-refractivity contribution in [1.29, 1.82) is 0 Å². The van der Waals surface area contributed by atoms with E-state index in [4.69, 9.17) is 10.1 Å². The van der Waals surface area contributed by atoms with Crippen LogP contribution >= 0.6 is 11.3 Å². The Labute approximate surface area is 162 Å². The van der Waals surface area contributed by atoms with Crippen molar-refractivity contribution in [2.75, 3.05) is 0 Å². The van der Waals surface area contributed by atoms with Gasteiger partial charge >= 0.3 is 0 Å². The van der Waals surface area contributed by atoms with E-state index in [-0.39, 0.29) is 4.90 Å². The van der Waals surface area contributed by atoms with Crippen LogP contribution in [0.4, 0.5) is 0 Å². The van der Waals surface area contributed by atoms with Crippen molar-refractivity contribution < 1.29 is 8.42 Å². The smallest absolute Gasteiger partial charge is 0.235 e. The van der Waals surface area contributed by atoms with Gasteiger partial charge in [0.2, 0.25) is 10.0 Å². The molecule has 0 radical (unpaired) electrons. The SMILES string of the molecule is NS(=O)(=O)c1ccc(-c2nc(-c3ccccc3)c(-c3ccccc3)s2)cc1. The maximum Gasteiger partial charge on any atom is 0.238 e. The van der Waals surface area contributed by atoms with Crippen LogP contribution in [0.2, 0.25) is 0 Å². The van der Waals surface area contributed by atoms with Gasteiger partial charge in [0.25, 0.3) is 0 Å². The molecule has 1 aromatic heterocycles. The number of hydrogen-bond donors (Lipinski definition) is 1. The average Bonchev–Trinajstić information content (AvgIpc) is 3.14. The maximum atomic E-state index is 11.5. The first-order valence-corrected chi connectivity index (χ1v) is 10.6. The Balaban J connectivity index is 1.85. The molecule has 0 atom stereocenters. The molecular weight excluding hydrogens is 376 g/mol. The lowest BCUT2D eigenvalue weighted by molar-refractivity contribution is 0.598. The van der Waals surface area contributed by atoms with Crippen LogP contribution in [-0.2, 0) is 10.0 Å². The van der Waals surface area contributed by atoms with E-state index in [1.807, 2.05) is 48.5 Å². The summed E-state index contributed by atoms with van der Waals surface area (Å²) in [6, 6.07) is 26.6. The summed E-state index contributed by atoms with van der Waals surface area (Å²) in [4.78, 5) is 6.02. The molecule has 4 aromatic rings. The molecule has 2 N–H and O–H groups in total. The minimum Gasteiger partial charge on any atom is -0.235 e. The first kappa shape index (κ1) is 17.6. The maximum absolute atomic E-state index is 11.5. The zero-order valence-electron chi connectivity index (χ0n) is 14.2. The highest BCUT2D eigenvalue weighted by Crippen LogP contribution is 2.40. The fraction of sp³-hybridized carbons (Fsp3) is 0. The van der Waals surface area contributed by atoms with E-state index in [0.29, 0.717) is 0 Å². The molecule has 0 saturated heterocycles. The highest BCUT2D eigenvalue weighted by molar-refractivity contribution is 7.89. The van der Waals surface area contributed by atoms with E-state index in [9.17, 15) is 8.42 Å². The third kappa shape index (κ3) is 3.68. The van der Waals surface area contributed by atoms with Crippen molar-refractivity contribution in [3.63, 3.8) is 0 Å². The van der Waals surface area contributed by atoms with Crippen LogP contribution in [0.5, 0.6) is 0 Å². The molecule has 0 aliphatic carbocycles. The Morgan fingerprint density at radius 1 is 0.704 bits per heavy atom. The topological polar surface area (TPSA) is 73.1 Å². The molecule has 0 spiro atoms. The summed E-state index contributed by atoms with van der Waals surface area (Å²) in [6.45, 7) is 0. The summed E-state index contributed by atoms with van der Waals surface area (Å²) in [5.74, 6) is 0. The Kier molecular flexibility index (Phi) is 4.61. The van der Waals surface area contributed by atoms with Crippen molar-refractivity contribution in [3.8, 4) is 32.3 Å². The van der Waals surface area contributed by atoms with Gasteiger partial charge in [-0.1, -0.05) is 72.8 Å². The summed E-state index contributed by atoms with van der Waals surface area (Å²) >= 11 is 1.58. The number of rotatable bonds is 4. The van der Waals surface area contributed by atoms with Crippen LogP contribution in [0.3, 0.4) is 0 Å². The molecule has 0 bridgehead atoms. The summed E-state index contributed by atoms with van der Waals surface area (Å²) in [5.41, 5.74) is 3.91. The van der Waals surface area contributed by atoms with E-state index in [2.05, 4.69) is 12.1 Å². The predicted molar refractivity (Wildman–Crippen MR) is 110 cm³/mol. The summed E-state index contributed by atoms with van der Waals surface area (Å²) in [7, 11) is -3.71. The fourth-order valence-electron chi connectivity index (χ4n) is 2.81. The molecule has 0 fully saturated rings. The van der Waals surface area contributed by atoms with Gasteiger partial charge in [0.1, 0.15) is 5.01 Å². The standard InChI is InChI=1S/C21H16N2O2S2/c22-27(24,25)18-13-11-17(12-14-18)21-23-19(15-7-3-1-4-8-15)20(26-21)16-9-5-2-6-10-16/h1-14H,(H2,22,24,25). The van der Waals surface area contributed by atoms with Gasteiger partial charge in [-0.3, -0.25) is 0 Å². The van der Waals surface area contributed by atoms with E-state index in [1.165, 1.54) is 12.1 Å². The molecule has 27 heavy (non-hydrogen) atoms. The predicted octanol–water partition coefficient (Wildman–Crippen LogP) is 4.79. The number of sulfonamides is 1. The second-order valence-electron chi connectivity index (χ2n) is 6.00. The molecular formula is C21H16N2O2S2. The van der Waals surface area contributed by atoms with Crippen LogP contribution < -0.4 is 5.14 Å². The second-order valence-corrected chi connectivity index (χ2v) is 8.56. The van der Waals surface area contributed by atoms with Gasteiger partial charge in [-0.05, 0) is 17.7 Å². The molecule has 134 valence electrons. The average molecular weight is 393 g/mol. The highest BCUT2D eigenvalue weighted by Gasteiger charge is 2.16. The minimum atomic E-state index is -3.71. The molecule has 3 aromatic carbocycles. The number of aromatic nitrogens is 1. The fourth-order valence-corrected chi connectivity index (χ4v) is 4.42. The van der Waals surface area contributed by atoms with Crippen molar-refractivity contribution in [2.24, 2.45) is 5.14 Å². The first-order chi connectivity index (χ1) is 13.0. The molecule has 0 unspecified atom stereocenters. The zero-order valence-corrected chi connectivity index (χ0v) is 15.9. The Bertz CT molecular complexity index is 1110. The number of nitrogens with two attached hydrogens (primary N) is 1. The van der Waals surface area contributed by atoms with Crippen molar-refractivity contribution in [2.45, 2.75) is 4.90 Å². The number of benzene rings is 3. The van der Waals surface area contributed by atoms with Crippen molar-refractivity contribution in [3.05, 3.63) is 84.9 Å². The number of nitrogens with zero attached hydrogens (tertiary/aromatic N) is 1. The Morgan fingerprint density at radius 2 is 1.26 bits per heavy atom. The molecule has 0 amide bonds. The van der Waals surface area contributed by atoms with E-state index in [1.54, 1.807) is 23.5 Å². The van der Waals surface area contributed by atoms with Crippen molar-refractivity contribution in [1.82, 2.24) is 4.98 Å². The third-order valence-electron chi connectivity index (χ3n) is 4.14. The zero-order chi connectivity index (χ0) is 18.9. The first-order valence-electron chi connectivity index (χ1n) is 8.27. The minimum absolute atomic E-state index is 0.0920. The van der Waals surface area contributed by atoms with Crippen LogP contribution in [0.1, 0.15) is 0 Å². The van der Waals surface area contributed by atoms with Crippen molar-refractivity contribution >= 4 is 21.4 Å². The van der Waals surface area contributed by atoms with E-state index >= 15 is 0 Å². The molecule has 6 heteroatoms. The number of primary sulfonamides is 1. The van der Waals surface area contributed by atoms with Gasteiger partial charge in [-0.15, -0.1) is 11.3 Å². The highest BCUT2D eigenvalue weighted by atomic mass is 32.2. The van der Waals surface area contributed by atoms with Gasteiger partial charge in [-0.2, -0.15) is 0 Å². The van der Waals surface area contributed by atoms with Gasteiger partial charge in [0.05, 0.1) is 15.5 Å². The lowest BCUT2D eigenvalue weighted by Gasteiger charge is -2.02. The quantitative estimate of drug-likeness (QED) is 0.543. The third-order valence-corrected chi connectivity index (χ3v) is 6.22. The van der Waals surface area contributed by atoms with Crippen LogP contribution in [0.25, 0.3) is 32.3 Å². The summed E-state index contributed by atoms with van der Waals surface area (Å²) in [5, 5.41) is 6.01. The lowest BCUT2D eigenvalue weighted by atomic mass is 10.1. The van der Waals surface area contributed by atoms with Gasteiger partial charge < -0.3 is 0 Å². The normalized spacial score (nSPS) is 11.4. The summed E-state index contributed by atoms with van der Waals surface area (Å²) in [6.07, 6.45) is 0. The van der Waals surface area contributed by atoms with Gasteiger partial charge in [0.15, 0.2) is 0 Å². The second kappa shape index (κ2) is 7.08. The van der Waals surface area contributed by atoms with Gasteiger partial charge in [-0.25, -0.2) is 18.5 Å². The largest absolute Gasteiger partial charge is 0.238 e. The molecule has 0 saturated carbocycles. The lowest BCUT2D eigenvalue weighted by Crippen LogP contribution is -2.11. The van der Waals surface area contributed by atoms with Crippen LogP contribution in [0.15, 0.2) is 89.8 Å². The molecule has 4 rings (SSSR count). The van der Waals surface area contributed by atoms with E-state index < -0.39 is 10.0 Å².